The van der Waals surface area contributed by atoms with Crippen LogP contribution in [0.25, 0.3) is 32.7 Å². The minimum absolute atomic E-state index is 0.0356. The number of hydrogen-bond donors (Lipinski definition) is 0. The van der Waals surface area contributed by atoms with E-state index in [0.29, 0.717) is 50.1 Å². The Labute approximate surface area is 646 Å². The second kappa shape index (κ2) is 37.4. The van der Waals surface area contributed by atoms with Gasteiger partial charge in [0.1, 0.15) is 23.3 Å². The number of fused-ring (bicyclic) bond motifs is 3. The Morgan fingerprint density at radius 2 is 0.667 bits per heavy atom. The minimum atomic E-state index is -2.69. The average molecular weight is 1630 g/mol. The first-order valence-electron chi connectivity index (χ1n) is 36.7. The smallest absolute Gasteiger partial charge is 0.262 e. The zero-order chi connectivity index (χ0) is 76.3. The maximum absolute atomic E-state index is 14.4. The van der Waals surface area contributed by atoms with Crippen LogP contribution >= 0.6 is 27.5 Å². The predicted molar refractivity (Wildman–Crippen MR) is 441 cm³/mol. The number of unbranched alkanes of at least 4 members (excludes halogenated alkanes) is 3. The third kappa shape index (κ3) is 18.8. The van der Waals surface area contributed by atoms with Crippen LogP contribution in [-0.4, -0.2) is 58.1 Å². The number of aromatic nitrogens is 6. The molecule has 0 N–H and O–H groups in total. The fourth-order valence-corrected chi connectivity index (χ4v) is 30.7. The van der Waals surface area contributed by atoms with Crippen LogP contribution in [0.1, 0.15) is 155 Å². The van der Waals surface area contributed by atoms with Gasteiger partial charge in [0.15, 0.2) is 5.78 Å². The van der Waals surface area contributed by atoms with E-state index in [9.17, 15) is 32.8 Å². The molecule has 14 rings (SSSR count). The standard InChI is InChI=1S/C29H21FN2O2.C22H17BrN2O.C22H17N2O.C7H4ClFO.3C4H9.Sn/c1-19-31-26-17-14-23(28(33)22-12-15-24(30)16-13-22)18-25(26)29(34)32(19)27(20-8-4-2-5-9-20)21-10-6-3-7-11-21;1-15-24-20-13-12-18(23)14-19(20)22(26)25(15)21(16-8-4-2-5-9-16)17-10-6-3-7-11-17;1-16-23-20-15-9-8-14-19(20)22(25)24(16)21(17-10-4-2-5-11-17)18-12-6-3-7-13-18;8-7(10)5-1-3-6(9)4-2-5;3*1-3-4-2;/h2-18,27H,1H3;2-14,21H,1H3;2-7,9-15,21H,1H3;1-4H;3*1,3-4H2,2H3;. The summed E-state index contributed by atoms with van der Waals surface area (Å²) in [6.45, 7) is 12.6. The van der Waals surface area contributed by atoms with Crippen LogP contribution in [0, 0.1) is 32.4 Å². The second-order valence-corrected chi connectivity index (χ2v) is 41.5. The first-order chi connectivity index (χ1) is 52.4. The summed E-state index contributed by atoms with van der Waals surface area (Å²) < 4.78 is 37.5. The van der Waals surface area contributed by atoms with Gasteiger partial charge < -0.3 is 0 Å². The van der Waals surface area contributed by atoms with Gasteiger partial charge in [-0.05, 0) is 133 Å². The Kier molecular flexibility index (Phi) is 27.3. The third-order valence-electron chi connectivity index (χ3n) is 19.7. The van der Waals surface area contributed by atoms with E-state index in [4.69, 9.17) is 26.6 Å². The number of hydrogen-bond acceptors (Lipinski definition) is 8. The molecular formula is C92H86BrClF2N6O5Sn. The molecule has 11 aromatic carbocycles. The summed E-state index contributed by atoms with van der Waals surface area (Å²) in [6, 6.07) is 87.5. The van der Waals surface area contributed by atoms with Crippen molar-refractivity contribution in [1.29, 1.82) is 0 Å². The van der Waals surface area contributed by atoms with Crippen molar-refractivity contribution in [2.24, 2.45) is 0 Å². The van der Waals surface area contributed by atoms with Crippen LogP contribution in [0.3, 0.4) is 0 Å². The Balaban J connectivity index is 0.000000153. The van der Waals surface area contributed by atoms with E-state index in [1.54, 1.807) is 27.3 Å². The molecule has 3 heterocycles. The Morgan fingerprint density at radius 1 is 0.380 bits per heavy atom. The summed E-state index contributed by atoms with van der Waals surface area (Å²) >= 11 is 5.87. The van der Waals surface area contributed by atoms with Crippen LogP contribution in [0.15, 0.2) is 304 Å². The molecule has 0 spiro atoms. The summed E-state index contributed by atoms with van der Waals surface area (Å²) in [5, 5.41) is 1.19. The average Bonchev–Trinajstić information content (AvgIpc) is 0.777. The number of halogens is 4. The number of nitrogens with zero attached hydrogens (tertiary/aromatic N) is 6. The summed E-state index contributed by atoms with van der Waals surface area (Å²) in [6.07, 6.45) is 7.65. The van der Waals surface area contributed by atoms with Crippen LogP contribution < -0.4 is 20.3 Å². The number of aryl methyl sites for hydroxylation is 3. The molecule has 0 aliphatic carbocycles. The fraction of sp³-hybridized carbons (Fsp3) is 0.196. The van der Waals surface area contributed by atoms with Gasteiger partial charge in [-0.25, -0.2) is 18.7 Å². The molecule has 0 radical (unpaired) electrons. The zero-order valence-electron chi connectivity index (χ0n) is 61.5. The van der Waals surface area contributed by atoms with Crippen molar-refractivity contribution in [3.8, 4) is 0 Å². The largest absolute Gasteiger partial charge is 0.289 e. The maximum atomic E-state index is 14.4. The molecule has 0 bridgehead atoms. The van der Waals surface area contributed by atoms with Crippen LogP contribution in [0.2, 0.25) is 13.3 Å². The van der Waals surface area contributed by atoms with E-state index in [2.05, 4.69) is 128 Å². The summed E-state index contributed by atoms with van der Waals surface area (Å²) in [5.41, 5.74) is 9.12. The van der Waals surface area contributed by atoms with Crippen LogP contribution in [0.4, 0.5) is 8.78 Å². The molecule has 11 nitrogen and oxygen atoms in total. The molecule has 0 aliphatic rings. The minimum Gasteiger partial charge on any atom is -0.289 e. The third-order valence-corrected chi connectivity index (χ3v) is 36.1. The van der Waals surface area contributed by atoms with Crippen molar-refractivity contribution in [2.75, 3.05) is 0 Å². The number of carbonyl (C=O) groups is 2. The van der Waals surface area contributed by atoms with Gasteiger partial charge in [-0.3, -0.25) is 28.3 Å². The van der Waals surface area contributed by atoms with Gasteiger partial charge in [0, 0.05) is 21.2 Å². The first kappa shape index (κ1) is 78.7. The van der Waals surface area contributed by atoms with E-state index in [1.165, 1.54) is 104 Å². The molecule has 0 fully saturated rings. The summed E-state index contributed by atoms with van der Waals surface area (Å²) in [7, 11) is 0. The second-order valence-electron chi connectivity index (χ2n) is 27.0. The fourth-order valence-electron chi connectivity index (χ4n) is 14.3. The molecule has 0 saturated heterocycles. The van der Waals surface area contributed by atoms with Crippen molar-refractivity contribution in [1.82, 2.24) is 28.7 Å². The van der Waals surface area contributed by atoms with Gasteiger partial charge in [-0.2, -0.15) is 0 Å². The topological polar surface area (TPSA) is 139 Å². The number of rotatable bonds is 22. The van der Waals surface area contributed by atoms with E-state index >= 15 is 0 Å². The van der Waals surface area contributed by atoms with E-state index < -0.39 is 29.4 Å². The SMILES string of the molecule is CCC[CH2][Sn]([CH2]CCC)([CH2]CCC)[c]1ccc2nc(C)n(C(c3ccccc3)c3ccccc3)c(=O)c2c1.Cc1nc2ccc(Br)cc2c(=O)n1C(c1ccccc1)c1ccccc1.Cc1nc2ccc(C(=O)c3ccc(F)cc3)cc2c(=O)n1C(c1ccccc1)c1ccccc1.O=C(Cl)c1ccc(F)cc1. The molecule has 0 saturated carbocycles. The van der Waals surface area contributed by atoms with Crippen LogP contribution in [0.5, 0.6) is 0 Å². The maximum Gasteiger partial charge on any atom is 0.262 e. The predicted octanol–water partition coefficient (Wildman–Crippen LogP) is 21.4. The Hall–Kier alpha value is -10.4. The van der Waals surface area contributed by atoms with Crippen molar-refractivity contribution in [2.45, 2.75) is 112 Å². The summed E-state index contributed by atoms with van der Waals surface area (Å²) in [4.78, 5) is 79.4. The van der Waals surface area contributed by atoms with Gasteiger partial charge in [-0.15, -0.1) is 0 Å². The molecule has 0 aliphatic heterocycles. The van der Waals surface area contributed by atoms with Crippen molar-refractivity contribution >= 4 is 93.2 Å². The van der Waals surface area contributed by atoms with Crippen molar-refractivity contribution in [3.05, 3.63) is 400 Å². The van der Waals surface area contributed by atoms with Gasteiger partial charge in [0.2, 0.25) is 0 Å². The number of benzene rings is 11. The molecule has 546 valence electrons. The van der Waals surface area contributed by atoms with E-state index in [1.807, 2.05) is 153 Å². The van der Waals surface area contributed by atoms with Gasteiger partial charge >= 0.3 is 234 Å². The van der Waals surface area contributed by atoms with Gasteiger partial charge in [0.25, 0.3) is 16.4 Å². The quantitative estimate of drug-likeness (QED) is 0.0371. The summed E-state index contributed by atoms with van der Waals surface area (Å²) in [5.74, 6) is 0.962. The molecule has 0 atom stereocenters. The normalized spacial score (nSPS) is 11.3. The Morgan fingerprint density at radius 3 is 0.991 bits per heavy atom. The molecule has 16 heteroatoms. The Bertz CT molecular complexity index is 5430. The first-order valence-corrected chi connectivity index (χ1v) is 45.4. The molecule has 3 aromatic heterocycles. The van der Waals surface area contributed by atoms with Gasteiger partial charge in [0.05, 0.1) is 33.9 Å². The molecular weight excluding hydrogens is 1540 g/mol. The van der Waals surface area contributed by atoms with Crippen molar-refractivity contribution in [3.63, 3.8) is 0 Å². The molecule has 0 unspecified atom stereocenters. The van der Waals surface area contributed by atoms with Gasteiger partial charge in [-0.1, -0.05) is 137 Å². The number of ketones is 1. The van der Waals surface area contributed by atoms with Crippen LogP contribution in [-0.2, 0) is 0 Å². The molecule has 0 amide bonds. The van der Waals surface area contributed by atoms with E-state index in [0.717, 1.165) is 54.6 Å². The molecule has 14 aromatic rings. The number of carbonyl (C=O) groups excluding carboxylic acids is 2. The zero-order valence-corrected chi connectivity index (χ0v) is 66.7. The monoisotopic (exact) mass is 1630 g/mol. The van der Waals surface area contributed by atoms with E-state index in [-0.39, 0.29) is 46.4 Å². The molecule has 108 heavy (non-hydrogen) atoms. The van der Waals surface area contributed by atoms with Crippen molar-refractivity contribution < 1.29 is 18.4 Å².